The second-order valence-corrected chi connectivity index (χ2v) is 39.7. The van der Waals surface area contributed by atoms with Gasteiger partial charge in [-0.3, -0.25) is 14.3 Å². The zero-order chi connectivity index (χ0) is 69.3. The van der Waals surface area contributed by atoms with Crippen molar-refractivity contribution in [2.24, 2.45) is 35.5 Å². The van der Waals surface area contributed by atoms with Gasteiger partial charge in [-0.25, -0.2) is 42.8 Å². The summed E-state index contributed by atoms with van der Waals surface area (Å²) in [6.45, 7) is 10.3. The molecule has 19 nitrogen and oxygen atoms in total. The molecule has 1 unspecified atom stereocenters. The molecule has 4 heterocycles. The Morgan fingerprint density at radius 2 is 0.990 bits per heavy atom. The van der Waals surface area contributed by atoms with Gasteiger partial charge in [-0.15, -0.1) is 0 Å². The topological polar surface area (TPSA) is 250 Å². The standard InChI is InChI=1S/C36H50ClN3O6S2.C35H48ClN3O7S2.CH4/c1-24-8-6-17-36(42,23-48(44,45)39(3)4)31-13-10-28(31)20-40-21-35(16-7-9-26-18-29(37)12-14-30(26)35)22-46-33-15-11-27(19-32(33)40)34(41)38-47(5,43)25(24)2;1-23-7-5-16-35(41,22-47(42,43)38(3)4)30-12-9-27(30)19-39-20-34(15-6-8-25-17-28(36)11-13-29(25)34)21-46-32-14-10-26(18-31(32)39)33(40)37-48(44,45)24(23)2;/h11-12,14-15,18-19,24-25,28,31,42H,5-10,13,16-17,20-23H2,1-4H3,(H,38,41,43);10-11,13-14,17-18,23-24,27,30,41H,5-9,12,15-16,19-22H2,1-4H3,(H,37,40);1H4/t24-,25+,28-,31+,35-,36-,47?;23-,24+,27-,30+,34-,35+;/m00./s1. The van der Waals surface area contributed by atoms with Gasteiger partial charge in [0.2, 0.25) is 30.1 Å². The first-order valence-corrected chi connectivity index (χ1v) is 41.5. The van der Waals surface area contributed by atoms with Gasteiger partial charge in [-0.2, -0.15) is 0 Å². The number of fused-ring (bicyclic) bond motifs is 8. The molecule has 2 spiro atoms. The number of hydrogen-bond acceptors (Lipinski definition) is 15. The molecule has 4 aliphatic heterocycles. The van der Waals surface area contributed by atoms with Crippen LogP contribution in [-0.2, 0) is 63.4 Å². The summed E-state index contributed by atoms with van der Waals surface area (Å²) in [5, 5.41) is 24.8. The van der Waals surface area contributed by atoms with Crippen molar-refractivity contribution >= 4 is 92.0 Å². The lowest BCUT2D eigenvalue weighted by Gasteiger charge is -2.50. The van der Waals surface area contributed by atoms with Gasteiger partial charge in [-0.05, 0) is 228 Å². The number of amides is 2. The van der Waals surface area contributed by atoms with Crippen LogP contribution in [0, 0.1) is 35.5 Å². The first kappa shape index (κ1) is 75.0. The maximum atomic E-state index is 13.8. The summed E-state index contributed by atoms with van der Waals surface area (Å²) in [4.78, 5) is 31.6. The summed E-state index contributed by atoms with van der Waals surface area (Å²) in [7, 11) is -8.53. The minimum absolute atomic E-state index is 0. The van der Waals surface area contributed by atoms with E-state index in [1.807, 2.05) is 51.1 Å². The number of nitrogens with one attached hydrogen (secondary N) is 2. The quantitative estimate of drug-likeness (QED) is 0.131. The molecule has 2 fully saturated rings. The zero-order valence-electron chi connectivity index (χ0n) is 56.8. The number of aryl methyl sites for hydroxylation is 2. The van der Waals surface area contributed by atoms with Gasteiger partial charge >= 0.3 is 0 Å². The van der Waals surface area contributed by atoms with Crippen molar-refractivity contribution in [1.29, 1.82) is 0 Å². The number of benzene rings is 4. The molecule has 4 aliphatic carbocycles. The number of aliphatic hydroxyl groups is 2. The van der Waals surface area contributed by atoms with E-state index in [4.69, 9.17) is 32.7 Å². The molecule has 0 radical (unpaired) electrons. The highest BCUT2D eigenvalue weighted by molar-refractivity contribution is 7.99. The van der Waals surface area contributed by atoms with Gasteiger partial charge < -0.3 is 29.5 Å². The molecule has 13 atom stereocenters. The molecular formula is C72H102Cl2N6O13S4. The van der Waals surface area contributed by atoms with Crippen molar-refractivity contribution in [1.82, 2.24) is 18.1 Å². The maximum Gasteiger partial charge on any atom is 0.264 e. The fourth-order valence-corrected chi connectivity index (χ4v) is 22.6. The highest BCUT2D eigenvalue weighted by Gasteiger charge is 2.53. The van der Waals surface area contributed by atoms with Crippen LogP contribution in [0.1, 0.15) is 168 Å². The Morgan fingerprint density at radius 3 is 1.39 bits per heavy atom. The van der Waals surface area contributed by atoms with Crippen molar-refractivity contribution in [2.75, 3.05) is 88.9 Å². The third-order valence-electron chi connectivity index (χ3n) is 23.4. The van der Waals surface area contributed by atoms with Gasteiger partial charge in [0.25, 0.3) is 11.8 Å². The number of sulfonamides is 3. The van der Waals surface area contributed by atoms with E-state index in [1.165, 1.54) is 54.7 Å². The van der Waals surface area contributed by atoms with Gasteiger partial charge in [0.05, 0.1) is 62.3 Å². The van der Waals surface area contributed by atoms with Gasteiger partial charge in [0, 0.05) is 91.6 Å². The number of carbonyl (C=O) groups excluding carboxylic acids is 2. The Labute approximate surface area is 587 Å². The number of rotatable bonds is 6. The third-order valence-corrected chi connectivity index (χ3v) is 32.0. The molecule has 4 aromatic rings. The summed E-state index contributed by atoms with van der Waals surface area (Å²) in [5.74, 6) is 2.44. The monoisotopic (exact) mass is 1460 g/mol. The Hall–Kier alpha value is -4.69. The number of anilines is 2. The Balaban J connectivity index is 0.000000208. The van der Waals surface area contributed by atoms with Gasteiger partial charge in [-0.1, -0.05) is 69.5 Å². The van der Waals surface area contributed by atoms with Crippen LogP contribution >= 0.6 is 23.2 Å². The molecule has 12 rings (SSSR count). The largest absolute Gasteiger partial charge is 0.490 e. The van der Waals surface area contributed by atoms with E-state index in [1.54, 1.807) is 31.2 Å². The molecule has 8 aliphatic rings. The minimum atomic E-state index is -4.03. The Kier molecular flexibility index (Phi) is 22.1. The van der Waals surface area contributed by atoms with Crippen LogP contribution in [0.15, 0.2) is 72.8 Å². The fourth-order valence-electron chi connectivity index (χ4n) is 16.9. The zero-order valence-corrected chi connectivity index (χ0v) is 61.6. The van der Waals surface area contributed by atoms with E-state index in [-0.39, 0.29) is 71.5 Å². The fraction of sp³-hybridized carbons (Fsp3) is 0.625. The smallest absolute Gasteiger partial charge is 0.264 e. The molecule has 4 aromatic carbocycles. The second kappa shape index (κ2) is 28.6. The molecule has 0 aromatic heterocycles. The van der Waals surface area contributed by atoms with Crippen molar-refractivity contribution < 1.29 is 58.7 Å². The van der Waals surface area contributed by atoms with Crippen LogP contribution in [0.2, 0.25) is 10.0 Å². The second-order valence-electron chi connectivity index (χ2n) is 30.0. The van der Waals surface area contributed by atoms with Crippen LogP contribution in [0.5, 0.6) is 11.5 Å². The lowest BCUT2D eigenvalue weighted by Crippen LogP contribution is -2.56. The predicted octanol–water partition coefficient (Wildman–Crippen LogP) is 10.4. The number of nitrogens with zero attached hydrogens (tertiary/aromatic N) is 4. The first-order valence-electron chi connectivity index (χ1n) is 34.2. The summed E-state index contributed by atoms with van der Waals surface area (Å²) >= 11 is 12.8. The maximum absolute atomic E-state index is 13.8. The SMILES string of the molecule is C.C=S1(=O)NC(=O)c2ccc3c(c2)N(C[C@@H]2CC[C@H]2[C@@](O)(CS(=O)(=O)N(C)C)CCC[C@H](C)[C@H]1C)C[C@@]1(CCCc2cc(Cl)ccc21)CO3.C[C@@H]1[C@@H](C)CCC[C@@](O)(CS(=O)(=O)N(C)C)[C@@H]2CC[C@H]2CN2C[C@@]3(CCCc4cc(Cl)ccc43)COc3ccc(cc32)C(=O)NS1(=O)=O. The van der Waals surface area contributed by atoms with Crippen molar-refractivity contribution in [3.8, 4) is 11.5 Å². The third kappa shape index (κ3) is 15.4. The molecule has 4 bridgehead atoms. The van der Waals surface area contributed by atoms with Crippen LogP contribution in [0.4, 0.5) is 11.4 Å². The van der Waals surface area contributed by atoms with Crippen molar-refractivity contribution in [2.45, 2.75) is 170 Å². The summed E-state index contributed by atoms with van der Waals surface area (Å²) in [5.41, 5.74) is 3.21. The van der Waals surface area contributed by atoms with E-state index in [9.17, 15) is 49.3 Å². The highest BCUT2D eigenvalue weighted by atomic mass is 35.5. The van der Waals surface area contributed by atoms with Crippen LogP contribution in [0.25, 0.3) is 0 Å². The van der Waals surface area contributed by atoms with E-state index >= 15 is 0 Å². The van der Waals surface area contributed by atoms with Gasteiger partial charge in [0.1, 0.15) is 11.5 Å². The lowest BCUT2D eigenvalue weighted by molar-refractivity contribution is -0.0727. The van der Waals surface area contributed by atoms with Gasteiger partial charge in [0.15, 0.2) is 0 Å². The molecule has 4 N–H and O–H groups in total. The van der Waals surface area contributed by atoms with E-state index in [0.29, 0.717) is 111 Å². The summed E-state index contributed by atoms with van der Waals surface area (Å²) in [6.07, 6.45) is 11.3. The summed E-state index contributed by atoms with van der Waals surface area (Å²) < 4.78 is 114. The van der Waals surface area contributed by atoms with Crippen LogP contribution < -0.4 is 28.7 Å². The predicted molar refractivity (Wildman–Crippen MR) is 389 cm³/mol. The molecule has 25 heteroatoms. The average molecular weight is 1460 g/mol. The van der Waals surface area contributed by atoms with Crippen LogP contribution in [-0.4, -0.2) is 167 Å². The Morgan fingerprint density at radius 1 is 0.577 bits per heavy atom. The molecule has 97 heavy (non-hydrogen) atoms. The lowest BCUT2D eigenvalue weighted by atomic mass is 9.63. The number of ether oxygens (including phenoxy) is 2. The minimum Gasteiger partial charge on any atom is -0.490 e. The van der Waals surface area contributed by atoms with Crippen LogP contribution in [0.3, 0.4) is 0 Å². The van der Waals surface area contributed by atoms with Crippen molar-refractivity contribution in [3.05, 3.63) is 116 Å². The highest BCUT2D eigenvalue weighted by Crippen LogP contribution is 2.52. The summed E-state index contributed by atoms with van der Waals surface area (Å²) in [6, 6.07) is 22.5. The van der Waals surface area contributed by atoms with Crippen molar-refractivity contribution in [3.63, 3.8) is 0 Å². The first-order chi connectivity index (χ1) is 45.1. The average Bonchev–Trinajstić information content (AvgIpc) is 1.73. The van der Waals surface area contributed by atoms with E-state index < -0.39 is 79.0 Å². The van der Waals surface area contributed by atoms with E-state index in [2.05, 4.69) is 43.3 Å². The number of hydrogen-bond donors (Lipinski definition) is 4. The molecule has 536 valence electrons. The molecule has 2 amide bonds. The van der Waals surface area contributed by atoms with E-state index in [0.717, 1.165) is 67.8 Å². The molecular weight excluding hydrogens is 1360 g/mol. The Bertz CT molecular complexity index is 3830. The number of halogens is 2. The normalized spacial score (nSPS) is 33.0. The number of carbonyl (C=O) groups is 2. The molecule has 0 saturated heterocycles. The molecule has 2 saturated carbocycles.